The highest BCUT2D eigenvalue weighted by atomic mass is 16.5. The van der Waals surface area contributed by atoms with Gasteiger partial charge in [0.05, 0.1) is 13.3 Å². The first-order valence-electron chi connectivity index (χ1n) is 6.31. The van der Waals surface area contributed by atoms with Crippen molar-refractivity contribution < 1.29 is 9.84 Å². The second-order valence-corrected chi connectivity index (χ2v) is 4.74. The van der Waals surface area contributed by atoms with Crippen LogP contribution in [0.15, 0.2) is 6.20 Å². The molecule has 4 heteroatoms. The molecule has 1 rings (SSSR count). The molecule has 0 amide bonds. The van der Waals surface area contributed by atoms with Crippen molar-refractivity contribution >= 4 is 0 Å². The third-order valence-electron chi connectivity index (χ3n) is 3.51. The Kier molecular flexibility index (Phi) is 4.57. The van der Waals surface area contributed by atoms with E-state index in [2.05, 4.69) is 18.9 Å². The molecule has 0 fully saturated rings. The smallest absolute Gasteiger partial charge is 0.162 e. The molecule has 1 aromatic heterocycles. The van der Waals surface area contributed by atoms with Crippen LogP contribution in [0.3, 0.4) is 0 Å². The molecule has 0 spiro atoms. The lowest BCUT2D eigenvalue weighted by Gasteiger charge is -2.31. The van der Waals surface area contributed by atoms with E-state index >= 15 is 0 Å². The summed E-state index contributed by atoms with van der Waals surface area (Å²) in [6.45, 7) is 8.85. The van der Waals surface area contributed by atoms with Crippen molar-refractivity contribution in [2.24, 2.45) is 5.92 Å². The Hall–Kier alpha value is -1.03. The fourth-order valence-electron chi connectivity index (χ4n) is 2.04. The summed E-state index contributed by atoms with van der Waals surface area (Å²) < 4.78 is 7.16. The number of aliphatic hydroxyl groups is 1. The maximum absolute atomic E-state index is 10.7. The topological polar surface area (TPSA) is 47.3 Å². The quantitative estimate of drug-likeness (QED) is 0.831. The predicted octanol–water partition coefficient (Wildman–Crippen LogP) is 2.56. The fourth-order valence-corrected chi connectivity index (χ4v) is 2.04. The van der Waals surface area contributed by atoms with E-state index in [1.807, 2.05) is 18.5 Å². The Morgan fingerprint density at radius 2 is 2.18 bits per heavy atom. The molecule has 1 heterocycles. The fraction of sp³-hybridized carbons (Fsp3) is 0.769. The lowest BCUT2D eigenvalue weighted by molar-refractivity contribution is -0.0103. The van der Waals surface area contributed by atoms with Gasteiger partial charge in [-0.05, 0) is 19.3 Å². The van der Waals surface area contributed by atoms with Crippen LogP contribution in [0, 0.1) is 5.92 Å². The molecule has 1 aromatic rings. The summed E-state index contributed by atoms with van der Waals surface area (Å²) in [5, 5.41) is 15.0. The van der Waals surface area contributed by atoms with Crippen LogP contribution in [-0.4, -0.2) is 22.0 Å². The van der Waals surface area contributed by atoms with E-state index in [0.717, 1.165) is 25.1 Å². The number of hydrogen-bond donors (Lipinski definition) is 1. The van der Waals surface area contributed by atoms with E-state index in [-0.39, 0.29) is 5.92 Å². The van der Waals surface area contributed by atoms with Gasteiger partial charge in [0, 0.05) is 6.54 Å². The minimum atomic E-state index is -0.911. The Morgan fingerprint density at radius 1 is 1.53 bits per heavy atom. The summed E-state index contributed by atoms with van der Waals surface area (Å²) in [6.07, 6.45) is 3.57. The summed E-state index contributed by atoms with van der Waals surface area (Å²) in [6, 6.07) is 0. The van der Waals surface area contributed by atoms with Crippen molar-refractivity contribution in [2.45, 2.75) is 52.7 Å². The van der Waals surface area contributed by atoms with Crippen molar-refractivity contribution in [2.75, 3.05) is 7.11 Å². The lowest BCUT2D eigenvalue weighted by atomic mass is 9.85. The summed E-state index contributed by atoms with van der Waals surface area (Å²) in [5.41, 5.74) is -0.123. The van der Waals surface area contributed by atoms with E-state index in [0.29, 0.717) is 5.75 Å². The van der Waals surface area contributed by atoms with E-state index in [4.69, 9.17) is 4.74 Å². The van der Waals surface area contributed by atoms with Gasteiger partial charge in [0.1, 0.15) is 11.3 Å². The molecule has 0 saturated carbocycles. The van der Waals surface area contributed by atoms with Crippen LogP contribution in [0.25, 0.3) is 0 Å². The molecule has 0 bridgehead atoms. The van der Waals surface area contributed by atoms with Gasteiger partial charge in [-0.15, -0.1) is 0 Å². The highest BCUT2D eigenvalue weighted by Gasteiger charge is 2.35. The molecule has 4 nitrogen and oxygen atoms in total. The maximum atomic E-state index is 10.7. The van der Waals surface area contributed by atoms with Crippen molar-refractivity contribution in [3.8, 4) is 5.75 Å². The summed E-state index contributed by atoms with van der Waals surface area (Å²) in [7, 11) is 1.61. The van der Waals surface area contributed by atoms with Gasteiger partial charge in [0.25, 0.3) is 0 Å². The van der Waals surface area contributed by atoms with E-state index in [1.165, 1.54) is 0 Å². The molecule has 0 aliphatic carbocycles. The SMILES string of the molecule is CCCn1ncc(OC)c1C(C)(O)C(C)CC. The average Bonchev–Trinajstić information content (AvgIpc) is 2.72. The Balaban J connectivity index is 3.20. The van der Waals surface area contributed by atoms with E-state index in [9.17, 15) is 5.11 Å². The second kappa shape index (κ2) is 5.54. The number of hydrogen-bond acceptors (Lipinski definition) is 3. The molecule has 0 saturated heterocycles. The summed E-state index contributed by atoms with van der Waals surface area (Å²) in [4.78, 5) is 0. The highest BCUT2D eigenvalue weighted by molar-refractivity contribution is 5.30. The van der Waals surface area contributed by atoms with Crippen LogP contribution in [0.1, 0.15) is 46.2 Å². The highest BCUT2D eigenvalue weighted by Crippen LogP contribution is 2.36. The third kappa shape index (κ3) is 2.63. The molecular formula is C13H24N2O2. The Morgan fingerprint density at radius 3 is 2.65 bits per heavy atom. The van der Waals surface area contributed by atoms with Crippen LogP contribution in [0.2, 0.25) is 0 Å². The molecular weight excluding hydrogens is 216 g/mol. The molecule has 0 aliphatic heterocycles. The Labute approximate surface area is 104 Å². The number of nitrogens with zero attached hydrogens (tertiary/aromatic N) is 2. The zero-order valence-electron chi connectivity index (χ0n) is 11.5. The van der Waals surface area contributed by atoms with Crippen LogP contribution < -0.4 is 4.74 Å². The minimum absolute atomic E-state index is 0.156. The largest absolute Gasteiger partial charge is 0.493 e. The van der Waals surface area contributed by atoms with Gasteiger partial charge in [0.2, 0.25) is 0 Å². The standard InChI is InChI=1S/C13H24N2O2/c1-6-8-15-12(11(17-5)9-14-15)13(4,16)10(3)7-2/h9-10,16H,6-8H2,1-5H3. The first-order valence-corrected chi connectivity index (χ1v) is 6.31. The van der Waals surface area contributed by atoms with Crippen molar-refractivity contribution in [1.82, 2.24) is 9.78 Å². The van der Waals surface area contributed by atoms with Crippen LogP contribution in [-0.2, 0) is 12.1 Å². The summed E-state index contributed by atoms with van der Waals surface area (Å²) in [5.74, 6) is 0.826. The molecule has 2 atom stereocenters. The molecule has 0 aliphatic rings. The van der Waals surface area contributed by atoms with Crippen LogP contribution in [0.4, 0.5) is 0 Å². The van der Waals surface area contributed by atoms with E-state index < -0.39 is 5.60 Å². The average molecular weight is 240 g/mol. The first-order chi connectivity index (χ1) is 7.98. The minimum Gasteiger partial charge on any atom is -0.493 e. The van der Waals surface area contributed by atoms with Crippen molar-refractivity contribution in [3.63, 3.8) is 0 Å². The first kappa shape index (κ1) is 14.0. The van der Waals surface area contributed by atoms with Gasteiger partial charge in [-0.2, -0.15) is 5.10 Å². The normalized spacial score (nSPS) is 16.6. The summed E-state index contributed by atoms with van der Waals surface area (Å²) >= 11 is 0. The van der Waals surface area contributed by atoms with Gasteiger partial charge >= 0.3 is 0 Å². The molecule has 17 heavy (non-hydrogen) atoms. The Bertz CT molecular complexity index is 358. The molecule has 98 valence electrons. The number of methoxy groups -OCH3 is 1. The van der Waals surface area contributed by atoms with Crippen LogP contribution >= 0.6 is 0 Å². The monoisotopic (exact) mass is 240 g/mol. The maximum Gasteiger partial charge on any atom is 0.162 e. The van der Waals surface area contributed by atoms with Crippen LogP contribution in [0.5, 0.6) is 5.75 Å². The van der Waals surface area contributed by atoms with Gasteiger partial charge in [0.15, 0.2) is 5.75 Å². The zero-order chi connectivity index (χ0) is 13.1. The number of aryl methyl sites for hydroxylation is 1. The number of rotatable bonds is 6. The second-order valence-electron chi connectivity index (χ2n) is 4.74. The van der Waals surface area contributed by atoms with E-state index in [1.54, 1.807) is 13.3 Å². The lowest BCUT2D eigenvalue weighted by Crippen LogP contribution is -2.33. The predicted molar refractivity (Wildman–Crippen MR) is 68.1 cm³/mol. The number of aromatic nitrogens is 2. The van der Waals surface area contributed by atoms with Gasteiger partial charge < -0.3 is 9.84 Å². The van der Waals surface area contributed by atoms with Crippen molar-refractivity contribution in [1.29, 1.82) is 0 Å². The molecule has 2 unspecified atom stereocenters. The van der Waals surface area contributed by atoms with Gasteiger partial charge in [-0.3, -0.25) is 4.68 Å². The van der Waals surface area contributed by atoms with Gasteiger partial charge in [-0.25, -0.2) is 0 Å². The van der Waals surface area contributed by atoms with Crippen molar-refractivity contribution in [3.05, 3.63) is 11.9 Å². The third-order valence-corrected chi connectivity index (χ3v) is 3.51. The zero-order valence-corrected chi connectivity index (χ0v) is 11.5. The van der Waals surface area contributed by atoms with Gasteiger partial charge in [-0.1, -0.05) is 27.2 Å². The number of ether oxygens (including phenoxy) is 1. The molecule has 0 radical (unpaired) electrons. The molecule has 1 N–H and O–H groups in total. The molecule has 0 aromatic carbocycles.